The summed E-state index contributed by atoms with van der Waals surface area (Å²) in [7, 11) is 0. The van der Waals surface area contributed by atoms with Crippen molar-refractivity contribution in [3.05, 3.63) is 0 Å². The molecule has 1 rings (SSSR count). The summed E-state index contributed by atoms with van der Waals surface area (Å²) in [6.45, 7) is 2.19. The number of aliphatic carboxylic acids is 1. The highest BCUT2D eigenvalue weighted by molar-refractivity contribution is 5.80. The van der Waals surface area contributed by atoms with Crippen LogP contribution in [-0.2, 0) is 4.79 Å². The van der Waals surface area contributed by atoms with Crippen molar-refractivity contribution >= 4 is 12.0 Å². The second-order valence-electron chi connectivity index (χ2n) is 4.46. The Balaban J connectivity index is 2.72. The number of carbonyl (C=O) groups excluding carboxylic acids is 1. The van der Waals surface area contributed by atoms with Crippen LogP contribution in [0.3, 0.4) is 0 Å². The molecule has 18 heavy (non-hydrogen) atoms. The van der Waals surface area contributed by atoms with Gasteiger partial charge in [-0.1, -0.05) is 18.8 Å². The number of hydrogen-bond donors (Lipinski definition) is 1. The molecule has 1 saturated carbocycles. The third-order valence-electron chi connectivity index (χ3n) is 3.23. The first-order chi connectivity index (χ1) is 8.60. The molecule has 0 bridgehead atoms. The summed E-state index contributed by atoms with van der Waals surface area (Å²) in [6.07, 6.45) is 9.43. The first-order valence-electron chi connectivity index (χ1n) is 6.31. The van der Waals surface area contributed by atoms with E-state index in [1.165, 1.54) is 4.90 Å². The van der Waals surface area contributed by atoms with Crippen molar-refractivity contribution in [2.45, 2.75) is 38.6 Å². The van der Waals surface area contributed by atoms with E-state index in [1.807, 2.05) is 6.92 Å². The fourth-order valence-electron chi connectivity index (χ4n) is 2.41. The highest BCUT2D eigenvalue weighted by atomic mass is 16.4. The van der Waals surface area contributed by atoms with Crippen LogP contribution in [0, 0.1) is 12.3 Å². The normalized spacial score (nSPS) is 15.1. The van der Waals surface area contributed by atoms with Crippen molar-refractivity contribution < 1.29 is 14.7 Å². The van der Waals surface area contributed by atoms with E-state index in [9.17, 15) is 9.59 Å². The van der Waals surface area contributed by atoms with Gasteiger partial charge in [0.1, 0.15) is 6.54 Å². The Morgan fingerprint density at radius 3 is 2.44 bits per heavy atom. The maximum absolute atomic E-state index is 12.3. The molecule has 5 heteroatoms. The molecule has 1 N–H and O–H groups in total. The van der Waals surface area contributed by atoms with Gasteiger partial charge in [0.25, 0.3) is 0 Å². The number of amides is 2. The van der Waals surface area contributed by atoms with Crippen LogP contribution < -0.4 is 0 Å². The fourth-order valence-corrected chi connectivity index (χ4v) is 2.41. The van der Waals surface area contributed by atoms with Gasteiger partial charge >= 0.3 is 12.0 Å². The summed E-state index contributed by atoms with van der Waals surface area (Å²) in [5.74, 6) is 1.30. The number of rotatable bonds is 5. The molecule has 1 aliphatic carbocycles. The zero-order valence-corrected chi connectivity index (χ0v) is 10.8. The Labute approximate surface area is 108 Å². The summed E-state index contributed by atoms with van der Waals surface area (Å²) in [6, 6.07) is -0.0266. The molecule has 0 heterocycles. The molecule has 0 aromatic carbocycles. The van der Waals surface area contributed by atoms with Crippen molar-refractivity contribution in [2.75, 3.05) is 19.6 Å². The van der Waals surface area contributed by atoms with Crippen LogP contribution in [0.2, 0.25) is 0 Å². The number of terminal acetylenes is 1. The van der Waals surface area contributed by atoms with Gasteiger partial charge in [0.05, 0.1) is 6.54 Å². The molecule has 0 aromatic rings. The van der Waals surface area contributed by atoms with Crippen LogP contribution in [-0.4, -0.2) is 52.6 Å². The molecule has 1 aliphatic rings. The fraction of sp³-hybridized carbons (Fsp3) is 0.692. The van der Waals surface area contributed by atoms with Gasteiger partial charge < -0.3 is 14.9 Å². The lowest BCUT2D eigenvalue weighted by Crippen LogP contribution is -2.49. The van der Waals surface area contributed by atoms with Crippen LogP contribution >= 0.6 is 0 Å². The Bertz CT molecular complexity index is 343. The number of carboxylic acid groups (broad SMARTS) is 1. The molecule has 0 spiro atoms. The van der Waals surface area contributed by atoms with Gasteiger partial charge in [-0.15, -0.1) is 6.42 Å². The largest absolute Gasteiger partial charge is 0.480 e. The molecule has 1 fully saturated rings. The van der Waals surface area contributed by atoms with Crippen LogP contribution in [0.1, 0.15) is 32.6 Å². The van der Waals surface area contributed by atoms with Gasteiger partial charge in [-0.3, -0.25) is 4.79 Å². The van der Waals surface area contributed by atoms with E-state index in [1.54, 1.807) is 4.90 Å². The summed E-state index contributed by atoms with van der Waals surface area (Å²) >= 11 is 0. The minimum Gasteiger partial charge on any atom is -0.480 e. The molecule has 0 atom stereocenters. The monoisotopic (exact) mass is 252 g/mol. The van der Waals surface area contributed by atoms with E-state index in [4.69, 9.17) is 11.5 Å². The van der Waals surface area contributed by atoms with Gasteiger partial charge in [-0.2, -0.15) is 0 Å². The Hall–Kier alpha value is -1.70. The average molecular weight is 252 g/mol. The predicted octanol–water partition coefficient (Wildman–Crippen LogP) is 1.39. The Kier molecular flexibility index (Phi) is 5.50. The molecular weight excluding hydrogens is 232 g/mol. The summed E-state index contributed by atoms with van der Waals surface area (Å²) in [5.41, 5.74) is 0. The highest BCUT2D eigenvalue weighted by Gasteiger charge is 2.29. The van der Waals surface area contributed by atoms with Crippen LogP contribution in [0.4, 0.5) is 4.79 Å². The van der Waals surface area contributed by atoms with Crippen molar-refractivity contribution in [3.63, 3.8) is 0 Å². The van der Waals surface area contributed by atoms with E-state index in [2.05, 4.69) is 5.92 Å². The molecular formula is C13H20N2O3. The molecule has 0 aliphatic heterocycles. The summed E-state index contributed by atoms with van der Waals surface area (Å²) in [5, 5.41) is 8.80. The first-order valence-corrected chi connectivity index (χ1v) is 6.31. The number of carbonyl (C=O) groups is 2. The van der Waals surface area contributed by atoms with E-state index in [-0.39, 0.29) is 25.2 Å². The topological polar surface area (TPSA) is 60.9 Å². The molecule has 5 nitrogen and oxygen atoms in total. The molecule has 0 saturated heterocycles. The minimum atomic E-state index is -1.04. The van der Waals surface area contributed by atoms with Crippen molar-refractivity contribution in [2.24, 2.45) is 0 Å². The lowest BCUT2D eigenvalue weighted by atomic mass is 10.2. The Morgan fingerprint density at radius 1 is 1.39 bits per heavy atom. The highest BCUT2D eigenvalue weighted by Crippen LogP contribution is 2.24. The molecule has 0 aromatic heterocycles. The van der Waals surface area contributed by atoms with Gasteiger partial charge in [0, 0.05) is 12.6 Å². The maximum Gasteiger partial charge on any atom is 0.323 e. The second-order valence-corrected chi connectivity index (χ2v) is 4.46. The molecule has 2 amide bonds. The zero-order chi connectivity index (χ0) is 13.5. The van der Waals surface area contributed by atoms with E-state index in [0.717, 1.165) is 25.7 Å². The molecule has 0 unspecified atom stereocenters. The standard InChI is InChI=1S/C13H20N2O3/c1-3-9-14(10-12(16)17)13(18)15(4-2)11-7-5-6-8-11/h1,11H,4-10H2,2H3,(H,16,17). The lowest BCUT2D eigenvalue weighted by molar-refractivity contribution is -0.137. The van der Waals surface area contributed by atoms with Gasteiger partial charge in [-0.05, 0) is 19.8 Å². The number of urea groups is 1. The first kappa shape index (κ1) is 14.4. The van der Waals surface area contributed by atoms with Gasteiger partial charge in [0.2, 0.25) is 0 Å². The lowest BCUT2D eigenvalue weighted by Gasteiger charge is -2.32. The van der Waals surface area contributed by atoms with Crippen molar-refractivity contribution in [1.29, 1.82) is 0 Å². The smallest absolute Gasteiger partial charge is 0.323 e. The quantitative estimate of drug-likeness (QED) is 0.752. The second kappa shape index (κ2) is 6.90. The molecule has 0 radical (unpaired) electrons. The average Bonchev–Trinajstić information content (AvgIpc) is 2.82. The van der Waals surface area contributed by atoms with Gasteiger partial charge in [0.15, 0.2) is 0 Å². The maximum atomic E-state index is 12.3. The van der Waals surface area contributed by atoms with E-state index < -0.39 is 5.97 Å². The van der Waals surface area contributed by atoms with Crippen LogP contribution in [0.5, 0.6) is 0 Å². The zero-order valence-electron chi connectivity index (χ0n) is 10.8. The SMILES string of the molecule is C#CCN(CC(=O)O)C(=O)N(CC)C1CCCC1. The number of hydrogen-bond acceptors (Lipinski definition) is 2. The van der Waals surface area contributed by atoms with Crippen LogP contribution in [0.25, 0.3) is 0 Å². The molecule has 100 valence electrons. The Morgan fingerprint density at radius 2 is 2.00 bits per heavy atom. The van der Waals surface area contributed by atoms with Crippen molar-refractivity contribution in [3.8, 4) is 12.3 Å². The predicted molar refractivity (Wildman–Crippen MR) is 68.1 cm³/mol. The van der Waals surface area contributed by atoms with Crippen LogP contribution in [0.15, 0.2) is 0 Å². The van der Waals surface area contributed by atoms with Crippen molar-refractivity contribution in [1.82, 2.24) is 9.80 Å². The van der Waals surface area contributed by atoms with E-state index in [0.29, 0.717) is 6.54 Å². The third-order valence-corrected chi connectivity index (χ3v) is 3.23. The summed E-state index contributed by atoms with van der Waals surface area (Å²) < 4.78 is 0. The number of carboxylic acids is 1. The third kappa shape index (κ3) is 3.66. The van der Waals surface area contributed by atoms with Gasteiger partial charge in [-0.25, -0.2) is 4.79 Å². The summed E-state index contributed by atoms with van der Waals surface area (Å²) in [4.78, 5) is 26.0. The minimum absolute atomic E-state index is 0.0361. The van der Waals surface area contributed by atoms with E-state index >= 15 is 0 Å². The number of nitrogens with zero attached hydrogens (tertiary/aromatic N) is 2.